The Balaban J connectivity index is 2.18. The molecular weight excluding hydrogens is 412 g/mol. The number of phosphoric acid groups is 2. The summed E-state index contributed by atoms with van der Waals surface area (Å²) < 4.78 is 36.8. The van der Waals surface area contributed by atoms with Crippen molar-refractivity contribution in [3.05, 3.63) is 43.0 Å². The molecule has 17 heteroatoms. The maximum absolute atomic E-state index is 11.9. The Morgan fingerprint density at radius 1 is 1.44 bits per heavy atom. The van der Waals surface area contributed by atoms with E-state index in [4.69, 9.17) is 20.1 Å². The van der Waals surface area contributed by atoms with Gasteiger partial charge in [-0.05, 0) is 12.5 Å². The average Bonchev–Trinajstić information content (AvgIpc) is 2.90. The van der Waals surface area contributed by atoms with Crippen LogP contribution in [0, 0.1) is 6.92 Å². The van der Waals surface area contributed by atoms with Crippen molar-refractivity contribution in [1.29, 1.82) is 0 Å². The number of hydrogen-bond acceptors (Lipinski definition) is 8. The minimum absolute atomic E-state index is 0.0292. The lowest BCUT2D eigenvalue weighted by atomic mass is 10.1. The molecule has 4 N–H and O–H groups in total. The number of hydrogen-bond donors (Lipinski definition) is 4. The fourth-order valence-corrected chi connectivity index (χ4v) is 3.95. The van der Waals surface area contributed by atoms with Gasteiger partial charge >= 0.3 is 21.3 Å². The van der Waals surface area contributed by atoms with Crippen molar-refractivity contribution in [2.45, 2.75) is 31.7 Å². The fraction of sp³-hybridized carbons (Fsp3) is 0.600. The van der Waals surface area contributed by atoms with Gasteiger partial charge in [-0.2, -0.15) is 4.31 Å². The zero-order valence-electron chi connectivity index (χ0n) is 13.6. The van der Waals surface area contributed by atoms with E-state index in [1.54, 1.807) is 0 Å². The van der Waals surface area contributed by atoms with Crippen molar-refractivity contribution >= 4 is 15.6 Å². The van der Waals surface area contributed by atoms with E-state index in [-0.39, 0.29) is 12.0 Å². The smallest absolute Gasteiger partial charge is 0.352 e. The van der Waals surface area contributed by atoms with Gasteiger partial charge in [0.1, 0.15) is 6.23 Å². The van der Waals surface area contributed by atoms with Gasteiger partial charge in [0.15, 0.2) is 0 Å². The molecule has 0 amide bonds. The first kappa shape index (κ1) is 21.5. The molecule has 1 aromatic rings. The highest BCUT2D eigenvalue weighted by atomic mass is 31.3. The van der Waals surface area contributed by atoms with E-state index in [0.717, 1.165) is 4.57 Å². The molecule has 1 saturated heterocycles. The Labute approximate surface area is 150 Å². The Hall–Kier alpha value is -1.79. The molecule has 2 heterocycles. The van der Waals surface area contributed by atoms with Crippen LogP contribution >= 0.6 is 15.6 Å². The van der Waals surface area contributed by atoms with Crippen LogP contribution in [0.5, 0.6) is 0 Å². The van der Waals surface area contributed by atoms with Crippen LogP contribution in [0.3, 0.4) is 0 Å². The number of azide groups is 1. The van der Waals surface area contributed by atoms with Gasteiger partial charge in [0.25, 0.3) is 5.56 Å². The minimum Gasteiger partial charge on any atom is -0.352 e. The maximum Gasteiger partial charge on any atom is 0.481 e. The first-order valence-electron chi connectivity index (χ1n) is 7.18. The van der Waals surface area contributed by atoms with Crippen LogP contribution in [-0.4, -0.2) is 43.0 Å². The van der Waals surface area contributed by atoms with E-state index in [0.29, 0.717) is 0 Å². The van der Waals surface area contributed by atoms with Crippen molar-refractivity contribution in [2.75, 3.05) is 6.61 Å². The van der Waals surface area contributed by atoms with Gasteiger partial charge in [0.05, 0.1) is 18.8 Å². The van der Waals surface area contributed by atoms with Crippen molar-refractivity contribution in [1.82, 2.24) is 9.55 Å². The Morgan fingerprint density at radius 3 is 2.70 bits per heavy atom. The molecular formula is C10H15N5O10P2. The van der Waals surface area contributed by atoms with Gasteiger partial charge < -0.3 is 19.4 Å². The van der Waals surface area contributed by atoms with E-state index in [1.807, 2.05) is 0 Å². The number of aromatic amines is 1. The number of ether oxygens (including phenoxy) is 1. The zero-order valence-corrected chi connectivity index (χ0v) is 15.4. The van der Waals surface area contributed by atoms with Gasteiger partial charge in [-0.15, -0.1) is 0 Å². The standard InChI is InChI=1S/C10H15N5O10P2/c1-5-3-15(10(17)12-9(5)16)8-2-6(13-14-11)7(24-8)4-23-27(21,22)25-26(18,19)20/h3,6-8H,2,4H2,1H3,(H,21,22)(H,12,16,17)(H2,18,19,20)/t6-,7+,8+/m0/s1. The van der Waals surface area contributed by atoms with Crippen LogP contribution in [0.2, 0.25) is 0 Å². The molecule has 0 bridgehead atoms. The quantitative estimate of drug-likeness (QED) is 0.198. The summed E-state index contributed by atoms with van der Waals surface area (Å²) in [5.41, 5.74) is 7.48. The molecule has 0 aromatic carbocycles. The molecule has 0 aliphatic carbocycles. The molecule has 15 nitrogen and oxygen atoms in total. The molecule has 0 radical (unpaired) electrons. The van der Waals surface area contributed by atoms with Crippen molar-refractivity contribution in [3.8, 4) is 0 Å². The number of aryl methyl sites for hydroxylation is 1. The van der Waals surface area contributed by atoms with E-state index in [9.17, 15) is 23.6 Å². The van der Waals surface area contributed by atoms with E-state index < -0.39 is 51.9 Å². The molecule has 1 aliphatic heterocycles. The maximum atomic E-state index is 11.9. The fourth-order valence-electron chi connectivity index (χ4n) is 2.35. The van der Waals surface area contributed by atoms with Gasteiger partial charge in [-0.1, -0.05) is 5.11 Å². The summed E-state index contributed by atoms with van der Waals surface area (Å²) in [5.74, 6) is 0. The first-order chi connectivity index (χ1) is 12.4. The lowest BCUT2D eigenvalue weighted by molar-refractivity contribution is -0.0267. The number of nitrogens with one attached hydrogen (secondary N) is 1. The summed E-state index contributed by atoms with van der Waals surface area (Å²) >= 11 is 0. The van der Waals surface area contributed by atoms with Gasteiger partial charge in [-0.25, -0.2) is 13.9 Å². The molecule has 1 fully saturated rings. The Morgan fingerprint density at radius 2 is 2.11 bits per heavy atom. The van der Waals surface area contributed by atoms with Crippen molar-refractivity contribution in [3.63, 3.8) is 0 Å². The first-order valence-corrected chi connectivity index (χ1v) is 10.2. The molecule has 1 unspecified atom stereocenters. The Bertz CT molecular complexity index is 962. The van der Waals surface area contributed by atoms with E-state index in [1.165, 1.54) is 13.1 Å². The molecule has 1 aromatic heterocycles. The Kier molecular flexibility index (Phi) is 6.43. The lowest BCUT2D eigenvalue weighted by Gasteiger charge is -2.18. The molecule has 0 saturated carbocycles. The van der Waals surface area contributed by atoms with Crippen LogP contribution in [-0.2, 0) is 22.7 Å². The molecule has 4 atom stereocenters. The number of H-pyrrole nitrogens is 1. The van der Waals surface area contributed by atoms with Crippen LogP contribution in [0.25, 0.3) is 10.4 Å². The third kappa shape index (κ3) is 5.84. The largest absolute Gasteiger partial charge is 0.481 e. The molecule has 150 valence electrons. The average molecular weight is 427 g/mol. The van der Waals surface area contributed by atoms with Crippen molar-refractivity contribution in [2.24, 2.45) is 5.11 Å². The summed E-state index contributed by atoms with van der Waals surface area (Å²) in [6.07, 6.45) is -0.918. The van der Waals surface area contributed by atoms with Crippen LogP contribution < -0.4 is 11.2 Å². The van der Waals surface area contributed by atoms with Crippen molar-refractivity contribution < 1.29 is 37.4 Å². The third-order valence-electron chi connectivity index (χ3n) is 3.47. The van der Waals surface area contributed by atoms with E-state index in [2.05, 4.69) is 23.8 Å². The van der Waals surface area contributed by atoms with Gasteiger partial charge in [-0.3, -0.25) is 18.9 Å². The number of nitrogens with zero attached hydrogens (tertiary/aromatic N) is 4. The summed E-state index contributed by atoms with van der Waals surface area (Å²) in [5, 5.41) is 3.45. The number of phosphoric ester groups is 1. The molecule has 1 aliphatic rings. The lowest BCUT2D eigenvalue weighted by Crippen LogP contribution is -2.33. The predicted octanol–water partition coefficient (Wildman–Crippen LogP) is 0.0377. The molecule has 0 spiro atoms. The molecule has 27 heavy (non-hydrogen) atoms. The van der Waals surface area contributed by atoms with Gasteiger partial charge in [0, 0.05) is 23.1 Å². The van der Waals surface area contributed by atoms with Crippen LogP contribution in [0.4, 0.5) is 0 Å². The summed E-state index contributed by atoms with van der Waals surface area (Å²) in [6.45, 7) is 0.724. The number of rotatable bonds is 7. The van der Waals surface area contributed by atoms with Crippen LogP contribution in [0.1, 0.15) is 18.2 Å². The summed E-state index contributed by atoms with van der Waals surface area (Å²) in [6, 6.07) is -0.936. The van der Waals surface area contributed by atoms with Crippen LogP contribution in [0.15, 0.2) is 20.9 Å². The monoisotopic (exact) mass is 427 g/mol. The second kappa shape index (κ2) is 8.07. The third-order valence-corrected chi connectivity index (χ3v) is 5.62. The topological polar surface area (TPSA) is 226 Å². The second-order valence-electron chi connectivity index (χ2n) is 5.45. The SMILES string of the molecule is Cc1cn([C@H]2C[C@H](N=[N+]=[N-])[C@@H](COP(=O)(O)OP(=O)(O)O)O2)c(=O)[nH]c1=O. The summed E-state index contributed by atoms with van der Waals surface area (Å²) in [7, 11) is -10.4. The zero-order chi connectivity index (χ0) is 20.4. The highest BCUT2D eigenvalue weighted by Crippen LogP contribution is 2.57. The molecule has 2 rings (SSSR count). The highest BCUT2D eigenvalue weighted by molar-refractivity contribution is 7.60. The normalized spacial score (nSPS) is 25.0. The summed E-state index contributed by atoms with van der Waals surface area (Å²) in [4.78, 5) is 54.5. The highest BCUT2D eigenvalue weighted by Gasteiger charge is 2.39. The van der Waals surface area contributed by atoms with E-state index >= 15 is 0 Å². The number of aromatic nitrogens is 2. The predicted molar refractivity (Wildman–Crippen MR) is 86.4 cm³/mol. The second-order valence-corrected chi connectivity index (χ2v) is 8.28. The minimum atomic E-state index is -5.29. The van der Waals surface area contributed by atoms with Gasteiger partial charge in [0.2, 0.25) is 0 Å².